The first-order valence-electron chi connectivity index (χ1n) is 5.26. The second kappa shape index (κ2) is 4.43. The molecule has 0 saturated heterocycles. The number of carbonyl (C=O) groups excluding carboxylic acids is 1. The fourth-order valence-electron chi connectivity index (χ4n) is 1.92. The molecule has 0 unspecified atom stereocenters. The zero-order valence-corrected chi connectivity index (χ0v) is 9.45. The number of esters is 1. The molecule has 0 bridgehead atoms. The molecule has 0 aliphatic carbocycles. The third-order valence-electron chi connectivity index (χ3n) is 2.83. The molecule has 1 atom stereocenters. The number of carbonyl (C=O) groups is 1. The summed E-state index contributed by atoms with van der Waals surface area (Å²) in [5.41, 5.74) is 2.17. The number of hydrogen-bond acceptors (Lipinski definition) is 4. The Morgan fingerprint density at radius 1 is 1.44 bits per heavy atom. The minimum Gasteiger partial charge on any atom is -0.497 e. The number of hydrogen-bond donors (Lipinski definition) is 1. The van der Waals surface area contributed by atoms with Crippen molar-refractivity contribution in [3.8, 4) is 5.75 Å². The van der Waals surface area contributed by atoms with Gasteiger partial charge in [0, 0.05) is 5.69 Å². The number of nitrogens with one attached hydrogen (secondary N) is 1. The quantitative estimate of drug-likeness (QED) is 0.770. The molecule has 0 aromatic heterocycles. The van der Waals surface area contributed by atoms with E-state index >= 15 is 0 Å². The van der Waals surface area contributed by atoms with E-state index in [2.05, 4.69) is 5.32 Å². The highest BCUT2D eigenvalue weighted by Crippen LogP contribution is 2.28. The lowest BCUT2D eigenvalue weighted by atomic mass is 9.98. The van der Waals surface area contributed by atoms with E-state index in [0.717, 1.165) is 24.3 Å². The zero-order chi connectivity index (χ0) is 11.5. The molecule has 0 radical (unpaired) electrons. The molecule has 4 heteroatoms. The predicted molar refractivity (Wildman–Crippen MR) is 60.7 cm³/mol. The monoisotopic (exact) mass is 221 g/mol. The van der Waals surface area contributed by atoms with Crippen LogP contribution in [0, 0.1) is 0 Å². The highest BCUT2D eigenvalue weighted by Gasteiger charge is 2.24. The van der Waals surface area contributed by atoms with Gasteiger partial charge >= 0.3 is 5.97 Å². The maximum Gasteiger partial charge on any atom is 0.328 e. The standard InChI is InChI=1S/C12H15NO3/c1-15-9-4-6-10-8(7-9)3-5-11(13-10)12(14)16-2/h4,6-7,11,13H,3,5H2,1-2H3/t11-/m1/s1. The molecule has 0 amide bonds. The van der Waals surface area contributed by atoms with E-state index in [9.17, 15) is 4.79 Å². The Labute approximate surface area is 94.6 Å². The fraction of sp³-hybridized carbons (Fsp3) is 0.417. The fourth-order valence-corrected chi connectivity index (χ4v) is 1.92. The Morgan fingerprint density at radius 3 is 2.94 bits per heavy atom. The van der Waals surface area contributed by atoms with Crippen molar-refractivity contribution in [2.75, 3.05) is 19.5 Å². The van der Waals surface area contributed by atoms with Gasteiger partial charge in [0.25, 0.3) is 0 Å². The molecule has 4 nitrogen and oxygen atoms in total. The average Bonchev–Trinajstić information content (AvgIpc) is 2.36. The number of benzene rings is 1. The van der Waals surface area contributed by atoms with Crippen LogP contribution in [0.2, 0.25) is 0 Å². The number of ether oxygens (including phenoxy) is 2. The molecule has 1 aliphatic heterocycles. The minimum absolute atomic E-state index is 0.207. The molecule has 0 saturated carbocycles. The maximum absolute atomic E-state index is 11.4. The summed E-state index contributed by atoms with van der Waals surface area (Å²) in [6.07, 6.45) is 1.62. The number of aryl methyl sites for hydroxylation is 1. The van der Waals surface area contributed by atoms with Crippen LogP contribution in [-0.4, -0.2) is 26.2 Å². The SMILES string of the molecule is COC(=O)[C@H]1CCc2cc(OC)ccc2N1. The molecule has 1 aliphatic rings. The third-order valence-corrected chi connectivity index (χ3v) is 2.83. The van der Waals surface area contributed by atoms with Crippen molar-refractivity contribution in [2.24, 2.45) is 0 Å². The number of rotatable bonds is 2. The average molecular weight is 221 g/mol. The van der Waals surface area contributed by atoms with Crippen LogP contribution in [-0.2, 0) is 16.0 Å². The summed E-state index contributed by atoms with van der Waals surface area (Å²) in [6, 6.07) is 5.58. The summed E-state index contributed by atoms with van der Waals surface area (Å²) in [5.74, 6) is 0.638. The topological polar surface area (TPSA) is 47.6 Å². The van der Waals surface area contributed by atoms with E-state index in [-0.39, 0.29) is 12.0 Å². The lowest BCUT2D eigenvalue weighted by Crippen LogP contribution is -2.34. The largest absolute Gasteiger partial charge is 0.497 e. The molecule has 2 rings (SSSR count). The van der Waals surface area contributed by atoms with Crippen LogP contribution in [0.3, 0.4) is 0 Å². The molecular weight excluding hydrogens is 206 g/mol. The van der Waals surface area contributed by atoms with E-state index in [0.29, 0.717) is 0 Å². The van der Waals surface area contributed by atoms with Gasteiger partial charge in [0.05, 0.1) is 14.2 Å². The van der Waals surface area contributed by atoms with Crippen molar-refractivity contribution in [1.82, 2.24) is 0 Å². The second-order valence-electron chi connectivity index (χ2n) is 3.78. The molecule has 1 N–H and O–H groups in total. The van der Waals surface area contributed by atoms with E-state index in [1.54, 1.807) is 7.11 Å². The van der Waals surface area contributed by atoms with Gasteiger partial charge in [0.15, 0.2) is 0 Å². The van der Waals surface area contributed by atoms with Gasteiger partial charge in [-0.15, -0.1) is 0 Å². The predicted octanol–water partition coefficient (Wildman–Crippen LogP) is 1.59. The normalized spacial score (nSPS) is 18.2. The Morgan fingerprint density at radius 2 is 2.25 bits per heavy atom. The van der Waals surface area contributed by atoms with Gasteiger partial charge < -0.3 is 14.8 Å². The van der Waals surface area contributed by atoms with Crippen molar-refractivity contribution >= 4 is 11.7 Å². The van der Waals surface area contributed by atoms with Gasteiger partial charge in [0.2, 0.25) is 0 Å². The molecule has 16 heavy (non-hydrogen) atoms. The van der Waals surface area contributed by atoms with Crippen LogP contribution < -0.4 is 10.1 Å². The minimum atomic E-state index is -0.231. The molecule has 1 aromatic carbocycles. The van der Waals surface area contributed by atoms with Crippen LogP contribution in [0.4, 0.5) is 5.69 Å². The van der Waals surface area contributed by atoms with Gasteiger partial charge in [-0.2, -0.15) is 0 Å². The molecule has 1 aromatic rings. The first-order chi connectivity index (χ1) is 7.74. The van der Waals surface area contributed by atoms with Crippen molar-refractivity contribution in [1.29, 1.82) is 0 Å². The van der Waals surface area contributed by atoms with Crippen LogP contribution in [0.1, 0.15) is 12.0 Å². The molecule has 0 fully saturated rings. The Balaban J connectivity index is 2.18. The van der Waals surface area contributed by atoms with Crippen LogP contribution >= 0.6 is 0 Å². The second-order valence-corrected chi connectivity index (χ2v) is 3.78. The summed E-state index contributed by atoms with van der Waals surface area (Å²) < 4.78 is 9.88. The molecule has 86 valence electrons. The summed E-state index contributed by atoms with van der Waals surface area (Å²) >= 11 is 0. The first-order valence-corrected chi connectivity index (χ1v) is 5.26. The Hall–Kier alpha value is -1.71. The highest BCUT2D eigenvalue weighted by atomic mass is 16.5. The van der Waals surface area contributed by atoms with Crippen molar-refractivity contribution in [3.05, 3.63) is 23.8 Å². The van der Waals surface area contributed by atoms with Crippen LogP contribution in [0.15, 0.2) is 18.2 Å². The van der Waals surface area contributed by atoms with Crippen LogP contribution in [0.5, 0.6) is 5.75 Å². The number of methoxy groups -OCH3 is 2. The highest BCUT2D eigenvalue weighted by molar-refractivity contribution is 5.80. The third kappa shape index (κ3) is 1.96. The van der Waals surface area contributed by atoms with Gasteiger partial charge in [-0.1, -0.05) is 0 Å². The van der Waals surface area contributed by atoms with E-state index < -0.39 is 0 Å². The number of fused-ring (bicyclic) bond motifs is 1. The zero-order valence-electron chi connectivity index (χ0n) is 9.45. The van der Waals surface area contributed by atoms with Crippen molar-refractivity contribution in [3.63, 3.8) is 0 Å². The lowest BCUT2D eigenvalue weighted by molar-refractivity contribution is -0.141. The summed E-state index contributed by atoms with van der Waals surface area (Å²) in [4.78, 5) is 11.4. The summed E-state index contributed by atoms with van der Waals surface area (Å²) in [7, 11) is 3.06. The first kappa shape index (κ1) is 10.8. The molecular formula is C12H15NO3. The summed E-state index contributed by atoms with van der Waals surface area (Å²) in [5, 5.41) is 3.17. The molecule has 0 spiro atoms. The smallest absolute Gasteiger partial charge is 0.328 e. The Kier molecular flexibility index (Phi) is 2.99. The molecule has 1 heterocycles. The van der Waals surface area contributed by atoms with Crippen molar-refractivity contribution in [2.45, 2.75) is 18.9 Å². The van der Waals surface area contributed by atoms with Gasteiger partial charge in [-0.05, 0) is 36.6 Å². The van der Waals surface area contributed by atoms with E-state index in [1.165, 1.54) is 12.7 Å². The van der Waals surface area contributed by atoms with E-state index in [4.69, 9.17) is 9.47 Å². The van der Waals surface area contributed by atoms with E-state index in [1.807, 2.05) is 18.2 Å². The van der Waals surface area contributed by atoms with Gasteiger partial charge in [0.1, 0.15) is 11.8 Å². The number of anilines is 1. The maximum atomic E-state index is 11.4. The Bertz CT molecular complexity index is 403. The lowest BCUT2D eigenvalue weighted by Gasteiger charge is -2.25. The van der Waals surface area contributed by atoms with Crippen molar-refractivity contribution < 1.29 is 14.3 Å². The van der Waals surface area contributed by atoms with Gasteiger partial charge in [-0.3, -0.25) is 0 Å². The van der Waals surface area contributed by atoms with Crippen LogP contribution in [0.25, 0.3) is 0 Å². The van der Waals surface area contributed by atoms with Gasteiger partial charge in [-0.25, -0.2) is 4.79 Å². The summed E-state index contributed by atoms with van der Waals surface area (Å²) in [6.45, 7) is 0.